The standard InChI is InChI=1S/C23H24N4O2S/c1-16-12-17(2)14-21(13-16)27(15-20-9-6-5-8-18(20)3)30(28,29)22-10-7-11-26-19(4)24-25-23(22)26/h5-14H,15H2,1-4H3. The fourth-order valence-corrected chi connectivity index (χ4v) is 5.23. The van der Waals surface area contributed by atoms with Gasteiger partial charge in [-0.05, 0) is 74.2 Å². The zero-order valence-electron chi connectivity index (χ0n) is 17.5. The first-order chi connectivity index (χ1) is 14.3. The molecule has 0 aliphatic heterocycles. The third kappa shape index (κ3) is 3.57. The van der Waals surface area contributed by atoms with Crippen LogP contribution < -0.4 is 4.31 Å². The molecule has 154 valence electrons. The van der Waals surface area contributed by atoms with Crippen molar-refractivity contribution < 1.29 is 8.42 Å². The summed E-state index contributed by atoms with van der Waals surface area (Å²) in [4.78, 5) is 0.137. The molecule has 0 aliphatic carbocycles. The van der Waals surface area contributed by atoms with Crippen LogP contribution in [0.25, 0.3) is 5.65 Å². The van der Waals surface area contributed by atoms with Crippen molar-refractivity contribution in [2.75, 3.05) is 4.31 Å². The third-order valence-corrected chi connectivity index (χ3v) is 7.00. The van der Waals surface area contributed by atoms with Gasteiger partial charge in [-0.3, -0.25) is 8.71 Å². The first-order valence-electron chi connectivity index (χ1n) is 9.73. The van der Waals surface area contributed by atoms with E-state index >= 15 is 0 Å². The predicted octanol–water partition coefficient (Wildman–Crippen LogP) is 4.36. The molecule has 0 atom stereocenters. The highest BCUT2D eigenvalue weighted by Crippen LogP contribution is 2.30. The molecule has 0 fully saturated rings. The Hall–Kier alpha value is -3.19. The number of hydrogen-bond donors (Lipinski definition) is 0. The van der Waals surface area contributed by atoms with Crippen molar-refractivity contribution in [1.82, 2.24) is 14.6 Å². The van der Waals surface area contributed by atoms with Gasteiger partial charge in [0.05, 0.1) is 12.2 Å². The Labute approximate surface area is 176 Å². The lowest BCUT2D eigenvalue weighted by molar-refractivity contribution is 0.590. The number of aryl methyl sites for hydroxylation is 4. The van der Waals surface area contributed by atoms with E-state index in [9.17, 15) is 8.42 Å². The lowest BCUT2D eigenvalue weighted by Crippen LogP contribution is -2.31. The van der Waals surface area contributed by atoms with Crippen LogP contribution in [0.5, 0.6) is 0 Å². The maximum Gasteiger partial charge on any atom is 0.268 e. The second-order valence-corrected chi connectivity index (χ2v) is 9.43. The van der Waals surface area contributed by atoms with E-state index in [1.807, 2.05) is 63.2 Å². The molecule has 0 aliphatic rings. The number of pyridine rings is 1. The highest BCUT2D eigenvalue weighted by atomic mass is 32.2. The molecule has 4 aromatic rings. The molecule has 30 heavy (non-hydrogen) atoms. The molecule has 2 heterocycles. The average molecular weight is 421 g/mol. The quantitative estimate of drug-likeness (QED) is 0.481. The van der Waals surface area contributed by atoms with Gasteiger partial charge in [-0.15, -0.1) is 10.2 Å². The molecule has 0 unspecified atom stereocenters. The summed E-state index contributed by atoms with van der Waals surface area (Å²) in [5.41, 5.74) is 4.96. The Kier molecular flexibility index (Phi) is 5.07. The maximum absolute atomic E-state index is 13.9. The summed E-state index contributed by atoms with van der Waals surface area (Å²) in [5, 5.41) is 8.19. The molecule has 2 aromatic carbocycles. The molecule has 0 bridgehead atoms. The molecule has 0 saturated heterocycles. The predicted molar refractivity (Wildman–Crippen MR) is 118 cm³/mol. The Morgan fingerprint density at radius 3 is 2.30 bits per heavy atom. The molecule has 4 rings (SSSR count). The average Bonchev–Trinajstić information content (AvgIpc) is 3.07. The summed E-state index contributed by atoms with van der Waals surface area (Å²) in [6.45, 7) is 7.96. The van der Waals surface area contributed by atoms with Gasteiger partial charge in [-0.25, -0.2) is 8.42 Å². The monoisotopic (exact) mass is 420 g/mol. The summed E-state index contributed by atoms with van der Waals surface area (Å²) < 4.78 is 31.0. The SMILES string of the molecule is Cc1cc(C)cc(N(Cc2ccccc2C)S(=O)(=O)c2cccn3c(C)nnc23)c1. The number of benzene rings is 2. The van der Waals surface area contributed by atoms with E-state index in [2.05, 4.69) is 10.2 Å². The van der Waals surface area contributed by atoms with Crippen molar-refractivity contribution >= 4 is 21.4 Å². The molecule has 7 heteroatoms. The molecule has 0 N–H and O–H groups in total. The van der Waals surface area contributed by atoms with E-state index in [4.69, 9.17) is 0 Å². The minimum atomic E-state index is -3.91. The summed E-state index contributed by atoms with van der Waals surface area (Å²) in [7, 11) is -3.91. The van der Waals surface area contributed by atoms with Crippen molar-refractivity contribution in [2.24, 2.45) is 0 Å². The highest BCUT2D eigenvalue weighted by Gasteiger charge is 2.29. The van der Waals surface area contributed by atoms with Gasteiger partial charge < -0.3 is 0 Å². The number of fused-ring (bicyclic) bond motifs is 1. The van der Waals surface area contributed by atoms with Crippen LogP contribution in [-0.2, 0) is 16.6 Å². The lowest BCUT2D eigenvalue weighted by atomic mass is 10.1. The van der Waals surface area contributed by atoms with Gasteiger partial charge in [0.15, 0.2) is 5.65 Å². The summed E-state index contributed by atoms with van der Waals surface area (Å²) >= 11 is 0. The molecule has 0 spiro atoms. The maximum atomic E-state index is 13.9. The number of aromatic nitrogens is 3. The first-order valence-corrected chi connectivity index (χ1v) is 11.2. The Morgan fingerprint density at radius 2 is 1.60 bits per heavy atom. The second-order valence-electron chi connectivity index (χ2n) is 7.60. The van der Waals surface area contributed by atoms with Crippen molar-refractivity contribution in [2.45, 2.75) is 39.1 Å². The second kappa shape index (κ2) is 7.57. The largest absolute Gasteiger partial charge is 0.286 e. The van der Waals surface area contributed by atoms with Gasteiger partial charge >= 0.3 is 0 Å². The van der Waals surface area contributed by atoms with Crippen LogP contribution in [-0.4, -0.2) is 23.0 Å². The number of nitrogens with zero attached hydrogens (tertiary/aromatic N) is 4. The Balaban J connectivity index is 1.93. The minimum absolute atomic E-state index is 0.137. The molecular formula is C23H24N4O2S. The normalized spacial score (nSPS) is 11.7. The molecule has 2 aromatic heterocycles. The minimum Gasteiger partial charge on any atom is -0.286 e. The van der Waals surface area contributed by atoms with Gasteiger partial charge in [0.1, 0.15) is 10.7 Å². The topological polar surface area (TPSA) is 67.6 Å². The molecular weight excluding hydrogens is 396 g/mol. The fourth-order valence-electron chi connectivity index (χ4n) is 3.68. The molecule has 0 radical (unpaired) electrons. The smallest absolute Gasteiger partial charge is 0.268 e. The zero-order chi connectivity index (χ0) is 21.5. The van der Waals surface area contributed by atoms with E-state index in [0.29, 0.717) is 17.2 Å². The van der Waals surface area contributed by atoms with Crippen LogP contribution in [0.15, 0.2) is 65.7 Å². The van der Waals surface area contributed by atoms with Gasteiger partial charge in [0.2, 0.25) is 0 Å². The summed E-state index contributed by atoms with van der Waals surface area (Å²) in [6, 6.07) is 17.0. The van der Waals surface area contributed by atoms with E-state index < -0.39 is 10.0 Å². The van der Waals surface area contributed by atoms with Crippen LogP contribution in [0.3, 0.4) is 0 Å². The zero-order valence-corrected chi connectivity index (χ0v) is 18.3. The van der Waals surface area contributed by atoms with E-state index in [0.717, 1.165) is 22.3 Å². The van der Waals surface area contributed by atoms with Gasteiger partial charge in [-0.1, -0.05) is 30.3 Å². The first kappa shape index (κ1) is 20.1. The Morgan fingerprint density at radius 1 is 0.900 bits per heavy atom. The Bertz CT molecular complexity index is 1320. The number of sulfonamides is 1. The van der Waals surface area contributed by atoms with Gasteiger partial charge in [0.25, 0.3) is 10.0 Å². The van der Waals surface area contributed by atoms with Crippen molar-refractivity contribution in [3.05, 3.63) is 88.9 Å². The number of hydrogen-bond acceptors (Lipinski definition) is 4. The summed E-state index contributed by atoms with van der Waals surface area (Å²) in [6.07, 6.45) is 1.77. The number of anilines is 1. The third-order valence-electron chi connectivity index (χ3n) is 5.21. The summed E-state index contributed by atoms with van der Waals surface area (Å²) in [5.74, 6) is 0.638. The van der Waals surface area contributed by atoms with Crippen LogP contribution in [0.1, 0.15) is 28.1 Å². The van der Waals surface area contributed by atoms with Crippen LogP contribution in [0.4, 0.5) is 5.69 Å². The van der Waals surface area contributed by atoms with E-state index in [1.165, 1.54) is 4.31 Å². The van der Waals surface area contributed by atoms with Gasteiger partial charge in [0, 0.05) is 6.20 Å². The molecule has 6 nitrogen and oxygen atoms in total. The van der Waals surface area contributed by atoms with Crippen LogP contribution >= 0.6 is 0 Å². The van der Waals surface area contributed by atoms with Crippen molar-refractivity contribution in [3.63, 3.8) is 0 Å². The highest BCUT2D eigenvalue weighted by molar-refractivity contribution is 7.93. The van der Waals surface area contributed by atoms with Crippen molar-refractivity contribution in [3.8, 4) is 0 Å². The van der Waals surface area contributed by atoms with Crippen LogP contribution in [0, 0.1) is 27.7 Å². The van der Waals surface area contributed by atoms with E-state index in [-0.39, 0.29) is 11.4 Å². The molecule has 0 amide bonds. The van der Waals surface area contributed by atoms with Gasteiger partial charge in [-0.2, -0.15) is 0 Å². The van der Waals surface area contributed by atoms with Crippen molar-refractivity contribution in [1.29, 1.82) is 0 Å². The lowest BCUT2D eigenvalue weighted by Gasteiger charge is -2.26. The number of rotatable bonds is 5. The van der Waals surface area contributed by atoms with E-state index in [1.54, 1.807) is 29.7 Å². The fraction of sp³-hybridized carbons (Fsp3) is 0.217. The molecule has 0 saturated carbocycles. The van der Waals surface area contributed by atoms with Crippen LogP contribution in [0.2, 0.25) is 0 Å².